The monoisotopic (exact) mass is 356 g/mol. The van der Waals surface area contributed by atoms with Crippen LogP contribution in [-0.4, -0.2) is 32.0 Å². The van der Waals surface area contributed by atoms with Gasteiger partial charge in [-0.2, -0.15) is 0 Å². The summed E-state index contributed by atoms with van der Waals surface area (Å²) >= 11 is 0. The number of hydrogen-bond donors (Lipinski definition) is 3. The number of quaternary nitrogens is 1. The molecule has 0 spiro atoms. The highest BCUT2D eigenvalue weighted by Crippen LogP contribution is 2.24. The molecule has 0 aromatic heterocycles. The van der Waals surface area contributed by atoms with E-state index in [4.69, 9.17) is 0 Å². The van der Waals surface area contributed by atoms with E-state index >= 15 is 0 Å². The zero-order chi connectivity index (χ0) is 18.5. The fourth-order valence-corrected chi connectivity index (χ4v) is 3.24. The SMILES string of the molecule is C[NH+](CC(=O)Nc1cccc(F)c1)CC(=O)Nc1ccc2c(c1)CCC2. The van der Waals surface area contributed by atoms with Crippen molar-refractivity contribution >= 4 is 23.2 Å². The topological polar surface area (TPSA) is 62.6 Å². The molecule has 0 bridgehead atoms. The molecule has 0 fully saturated rings. The van der Waals surface area contributed by atoms with Crippen molar-refractivity contribution in [3.8, 4) is 0 Å². The van der Waals surface area contributed by atoms with Crippen LogP contribution in [-0.2, 0) is 22.4 Å². The highest BCUT2D eigenvalue weighted by Gasteiger charge is 2.16. The van der Waals surface area contributed by atoms with E-state index in [1.807, 2.05) is 12.1 Å². The van der Waals surface area contributed by atoms with Crippen LogP contribution in [0.5, 0.6) is 0 Å². The maximum absolute atomic E-state index is 13.1. The van der Waals surface area contributed by atoms with Gasteiger partial charge in [-0.15, -0.1) is 0 Å². The summed E-state index contributed by atoms with van der Waals surface area (Å²) < 4.78 is 13.1. The van der Waals surface area contributed by atoms with Gasteiger partial charge in [-0.25, -0.2) is 4.39 Å². The first kappa shape index (κ1) is 18.1. The van der Waals surface area contributed by atoms with Crippen LogP contribution < -0.4 is 15.5 Å². The highest BCUT2D eigenvalue weighted by molar-refractivity contribution is 5.93. The lowest BCUT2D eigenvalue weighted by molar-refractivity contribution is -0.862. The Bertz CT molecular complexity index is 822. The first-order valence-corrected chi connectivity index (χ1v) is 8.78. The summed E-state index contributed by atoms with van der Waals surface area (Å²) in [6.07, 6.45) is 3.33. The summed E-state index contributed by atoms with van der Waals surface area (Å²) in [5.74, 6) is -0.811. The predicted molar refractivity (Wildman–Crippen MR) is 98.7 cm³/mol. The predicted octanol–water partition coefficient (Wildman–Crippen LogP) is 1.41. The molecule has 2 aromatic carbocycles. The molecular weight excluding hydrogens is 333 g/mol. The molecule has 1 unspecified atom stereocenters. The lowest BCUT2D eigenvalue weighted by Gasteiger charge is -2.14. The fraction of sp³-hybridized carbons (Fsp3) is 0.300. The minimum Gasteiger partial charge on any atom is -0.322 e. The number of carbonyl (C=O) groups is 2. The molecule has 5 nitrogen and oxygen atoms in total. The van der Waals surface area contributed by atoms with Crippen LogP contribution in [0.3, 0.4) is 0 Å². The number of nitrogens with one attached hydrogen (secondary N) is 3. The quantitative estimate of drug-likeness (QED) is 0.733. The van der Waals surface area contributed by atoms with Gasteiger partial charge in [0.15, 0.2) is 13.1 Å². The third-order valence-electron chi connectivity index (χ3n) is 4.42. The van der Waals surface area contributed by atoms with Gasteiger partial charge >= 0.3 is 0 Å². The molecule has 26 heavy (non-hydrogen) atoms. The molecule has 2 aromatic rings. The van der Waals surface area contributed by atoms with E-state index in [1.54, 1.807) is 13.1 Å². The number of fused-ring (bicyclic) bond motifs is 1. The third-order valence-corrected chi connectivity index (χ3v) is 4.42. The van der Waals surface area contributed by atoms with Gasteiger partial charge in [0.25, 0.3) is 11.8 Å². The maximum Gasteiger partial charge on any atom is 0.279 e. The molecule has 3 N–H and O–H groups in total. The smallest absolute Gasteiger partial charge is 0.279 e. The second-order valence-electron chi connectivity index (χ2n) is 6.75. The van der Waals surface area contributed by atoms with Crippen LogP contribution in [0.2, 0.25) is 0 Å². The van der Waals surface area contributed by atoms with Gasteiger partial charge in [0, 0.05) is 11.4 Å². The second kappa shape index (κ2) is 8.10. The van der Waals surface area contributed by atoms with Crippen LogP contribution in [0.25, 0.3) is 0 Å². The minimum atomic E-state index is -0.405. The molecule has 1 aliphatic carbocycles. The molecule has 6 heteroatoms. The van der Waals surface area contributed by atoms with E-state index in [0.717, 1.165) is 23.4 Å². The van der Waals surface area contributed by atoms with Gasteiger partial charge in [0.05, 0.1) is 7.05 Å². The number of anilines is 2. The number of aryl methyl sites for hydroxylation is 2. The van der Waals surface area contributed by atoms with Crippen molar-refractivity contribution in [1.29, 1.82) is 0 Å². The number of carbonyl (C=O) groups excluding carboxylic acids is 2. The average Bonchev–Trinajstić information content (AvgIpc) is 3.01. The second-order valence-corrected chi connectivity index (χ2v) is 6.75. The Hall–Kier alpha value is -2.73. The minimum absolute atomic E-state index is 0.119. The zero-order valence-electron chi connectivity index (χ0n) is 14.8. The molecule has 0 saturated carbocycles. The van der Waals surface area contributed by atoms with E-state index in [1.165, 1.54) is 35.7 Å². The lowest BCUT2D eigenvalue weighted by atomic mass is 10.1. The van der Waals surface area contributed by atoms with Crippen molar-refractivity contribution in [2.45, 2.75) is 19.3 Å². The molecule has 0 heterocycles. The maximum atomic E-state index is 13.1. The van der Waals surface area contributed by atoms with Crippen molar-refractivity contribution < 1.29 is 18.9 Å². The Balaban J connectivity index is 1.47. The summed E-state index contributed by atoms with van der Waals surface area (Å²) in [6.45, 7) is 0.293. The lowest BCUT2D eigenvalue weighted by Crippen LogP contribution is -3.11. The van der Waals surface area contributed by atoms with Gasteiger partial charge < -0.3 is 15.5 Å². The molecule has 2 amide bonds. The Kier molecular flexibility index (Phi) is 5.63. The van der Waals surface area contributed by atoms with Crippen molar-refractivity contribution in [3.63, 3.8) is 0 Å². The van der Waals surface area contributed by atoms with Crippen LogP contribution in [0.15, 0.2) is 42.5 Å². The molecule has 1 atom stereocenters. The van der Waals surface area contributed by atoms with E-state index in [9.17, 15) is 14.0 Å². The van der Waals surface area contributed by atoms with Gasteiger partial charge in [-0.3, -0.25) is 9.59 Å². The standard InChI is InChI=1S/C20H22FN3O2/c1-24(12-19(25)22-17-7-3-6-16(21)11-17)13-20(26)23-18-9-8-14-4-2-5-15(14)10-18/h3,6-11H,2,4-5,12-13H2,1H3,(H,22,25)(H,23,26)/p+1. The van der Waals surface area contributed by atoms with Gasteiger partial charge in [0.2, 0.25) is 0 Å². The Morgan fingerprint density at radius 3 is 2.31 bits per heavy atom. The molecule has 1 aliphatic rings. The summed E-state index contributed by atoms with van der Waals surface area (Å²) in [5.41, 5.74) is 3.87. The number of benzene rings is 2. The van der Waals surface area contributed by atoms with Crippen LogP contribution in [0.4, 0.5) is 15.8 Å². The summed E-state index contributed by atoms with van der Waals surface area (Å²) in [4.78, 5) is 25.0. The van der Waals surface area contributed by atoms with Crippen molar-refractivity contribution in [1.82, 2.24) is 0 Å². The van der Waals surface area contributed by atoms with Crippen LogP contribution in [0, 0.1) is 5.82 Å². The van der Waals surface area contributed by atoms with E-state index < -0.39 is 5.82 Å². The van der Waals surface area contributed by atoms with E-state index in [-0.39, 0.29) is 24.9 Å². The highest BCUT2D eigenvalue weighted by atomic mass is 19.1. The van der Waals surface area contributed by atoms with Gasteiger partial charge in [0.1, 0.15) is 5.82 Å². The van der Waals surface area contributed by atoms with Gasteiger partial charge in [-0.05, 0) is 60.7 Å². The number of hydrogen-bond acceptors (Lipinski definition) is 2. The Labute approximate surface area is 152 Å². The van der Waals surface area contributed by atoms with Crippen LogP contribution >= 0.6 is 0 Å². The molecule has 0 saturated heterocycles. The zero-order valence-corrected chi connectivity index (χ0v) is 14.8. The summed E-state index contributed by atoms with van der Waals surface area (Å²) in [6, 6.07) is 11.8. The van der Waals surface area contributed by atoms with E-state index in [2.05, 4.69) is 16.7 Å². The molecule has 136 valence electrons. The molecule has 3 rings (SSSR count). The summed E-state index contributed by atoms with van der Waals surface area (Å²) in [7, 11) is 1.77. The summed E-state index contributed by atoms with van der Waals surface area (Å²) in [5, 5.41) is 5.53. The molecule has 0 aliphatic heterocycles. The Morgan fingerprint density at radius 1 is 0.962 bits per heavy atom. The number of amides is 2. The number of halogens is 1. The fourth-order valence-electron chi connectivity index (χ4n) is 3.24. The molecular formula is C20H23FN3O2+. The van der Waals surface area contributed by atoms with Gasteiger partial charge in [-0.1, -0.05) is 12.1 Å². The third kappa shape index (κ3) is 4.89. The largest absolute Gasteiger partial charge is 0.322 e. The van der Waals surface area contributed by atoms with Crippen molar-refractivity contribution in [3.05, 3.63) is 59.4 Å². The number of likely N-dealkylation sites (N-methyl/N-ethyl adjacent to an activating group) is 1. The van der Waals surface area contributed by atoms with Crippen LogP contribution in [0.1, 0.15) is 17.5 Å². The van der Waals surface area contributed by atoms with E-state index in [0.29, 0.717) is 5.69 Å². The average molecular weight is 356 g/mol. The number of rotatable bonds is 6. The normalized spacial score (nSPS) is 13.8. The van der Waals surface area contributed by atoms with Crippen molar-refractivity contribution in [2.75, 3.05) is 30.8 Å². The first-order valence-electron chi connectivity index (χ1n) is 8.78. The Morgan fingerprint density at radius 2 is 1.62 bits per heavy atom. The molecule has 0 radical (unpaired) electrons. The first-order chi connectivity index (χ1) is 12.5. The van der Waals surface area contributed by atoms with Crippen molar-refractivity contribution in [2.24, 2.45) is 0 Å².